The van der Waals surface area contributed by atoms with E-state index < -0.39 is 0 Å². The second-order valence-corrected chi connectivity index (χ2v) is 4.80. The number of hydrogen-bond acceptors (Lipinski definition) is 2. The van der Waals surface area contributed by atoms with Crippen molar-refractivity contribution in [1.29, 1.82) is 0 Å². The molecule has 0 saturated carbocycles. The number of allylic oxidation sites excluding steroid dienone is 2. The van der Waals surface area contributed by atoms with Crippen LogP contribution in [0.3, 0.4) is 0 Å². The molecule has 0 bridgehead atoms. The van der Waals surface area contributed by atoms with Crippen LogP contribution in [0.25, 0.3) is 11.0 Å². The third-order valence-electron chi connectivity index (χ3n) is 3.59. The number of ketones is 1. The molecule has 0 spiro atoms. The van der Waals surface area contributed by atoms with Crippen LogP contribution in [0, 0.1) is 0 Å². The maximum Gasteiger partial charge on any atom is 0.159 e. The number of hydrogen-bond donors (Lipinski definition) is 0. The molecule has 0 saturated heterocycles. The highest BCUT2D eigenvalue weighted by Gasteiger charge is 2.16. The Labute approximate surface area is 106 Å². The first kappa shape index (κ1) is 11.2. The second-order valence-electron chi connectivity index (χ2n) is 4.80. The highest BCUT2D eigenvalue weighted by molar-refractivity contribution is 5.96. The first-order valence-corrected chi connectivity index (χ1v) is 6.38. The summed E-state index contributed by atoms with van der Waals surface area (Å²) in [6, 6.07) is 8.07. The van der Waals surface area contributed by atoms with Crippen LogP contribution in [0.4, 0.5) is 0 Å². The predicted octanol–water partition coefficient (Wildman–Crippen LogP) is 2.80. The zero-order valence-electron chi connectivity index (χ0n) is 10.5. The summed E-state index contributed by atoms with van der Waals surface area (Å²) in [5.74, 6) is 1.26. The van der Waals surface area contributed by atoms with Gasteiger partial charge in [-0.3, -0.25) is 4.79 Å². The number of carbonyl (C=O) groups excluding carboxylic acids is 1. The van der Waals surface area contributed by atoms with Gasteiger partial charge in [0.25, 0.3) is 0 Å². The Bertz CT molecular complexity index is 637. The number of para-hydroxylation sites is 2. The summed E-state index contributed by atoms with van der Waals surface area (Å²) in [5.41, 5.74) is 3.05. The summed E-state index contributed by atoms with van der Waals surface area (Å²) in [5, 5.41) is 0. The lowest BCUT2D eigenvalue weighted by Crippen LogP contribution is -2.11. The van der Waals surface area contributed by atoms with Gasteiger partial charge in [-0.1, -0.05) is 18.2 Å². The Balaban J connectivity index is 1.97. The lowest BCUT2D eigenvalue weighted by atomic mass is 9.95. The van der Waals surface area contributed by atoms with Crippen LogP contribution >= 0.6 is 0 Å². The minimum absolute atomic E-state index is 0.285. The number of aromatic nitrogens is 2. The van der Waals surface area contributed by atoms with Crippen molar-refractivity contribution < 1.29 is 4.79 Å². The van der Waals surface area contributed by atoms with E-state index in [2.05, 4.69) is 21.7 Å². The largest absolute Gasteiger partial charge is 0.331 e. The van der Waals surface area contributed by atoms with Crippen molar-refractivity contribution in [3.63, 3.8) is 0 Å². The van der Waals surface area contributed by atoms with Crippen LogP contribution in [-0.4, -0.2) is 15.3 Å². The lowest BCUT2D eigenvalue weighted by molar-refractivity contribution is -0.116. The number of Topliss-reactive ketones (excluding diaryl/α,β-unsaturated/α-hetero) is 1. The van der Waals surface area contributed by atoms with Crippen LogP contribution in [0.1, 0.15) is 25.1 Å². The molecular formula is C15H16N2O. The van der Waals surface area contributed by atoms with Crippen LogP contribution in [-0.2, 0) is 18.3 Å². The molecule has 1 heterocycles. The standard InChI is InChI=1S/C15H16N2O/c1-17-13-8-4-3-7-12(13)16-15(17)10-11-6-2-5-9-14(11)18/h3-4,6-8H,2,5,9-10H2,1H3. The van der Waals surface area contributed by atoms with Gasteiger partial charge in [-0.15, -0.1) is 0 Å². The number of benzene rings is 1. The quantitative estimate of drug-likeness (QED) is 0.809. The SMILES string of the molecule is Cn1c(CC2=CCCCC2=O)nc2ccccc21. The maximum atomic E-state index is 11.8. The number of rotatable bonds is 2. The fraction of sp³-hybridized carbons (Fsp3) is 0.333. The van der Waals surface area contributed by atoms with Gasteiger partial charge in [0.05, 0.1) is 11.0 Å². The molecule has 3 heteroatoms. The van der Waals surface area contributed by atoms with Crippen molar-refractivity contribution in [1.82, 2.24) is 9.55 Å². The monoisotopic (exact) mass is 240 g/mol. The zero-order valence-corrected chi connectivity index (χ0v) is 10.5. The zero-order chi connectivity index (χ0) is 12.5. The fourth-order valence-electron chi connectivity index (χ4n) is 2.51. The van der Waals surface area contributed by atoms with Crippen molar-refractivity contribution in [3.8, 4) is 0 Å². The van der Waals surface area contributed by atoms with Gasteiger partial charge in [-0.2, -0.15) is 0 Å². The van der Waals surface area contributed by atoms with Crippen molar-refractivity contribution in [2.75, 3.05) is 0 Å². The number of nitrogens with zero attached hydrogens (tertiary/aromatic N) is 2. The molecule has 0 radical (unpaired) electrons. The van der Waals surface area contributed by atoms with E-state index in [0.717, 1.165) is 35.3 Å². The van der Waals surface area contributed by atoms with Crippen molar-refractivity contribution in [3.05, 3.63) is 41.7 Å². The number of aryl methyl sites for hydroxylation is 1. The van der Waals surface area contributed by atoms with Gasteiger partial charge in [0.2, 0.25) is 0 Å². The Morgan fingerprint density at radius 1 is 1.33 bits per heavy atom. The van der Waals surface area contributed by atoms with Crippen LogP contribution in [0.5, 0.6) is 0 Å². The molecule has 0 N–H and O–H groups in total. The van der Waals surface area contributed by atoms with E-state index >= 15 is 0 Å². The molecule has 1 aliphatic rings. The Kier molecular flexibility index (Phi) is 2.74. The van der Waals surface area contributed by atoms with Gasteiger partial charge in [-0.05, 0) is 30.5 Å². The molecule has 1 aromatic carbocycles. The van der Waals surface area contributed by atoms with Crippen molar-refractivity contribution in [2.45, 2.75) is 25.7 Å². The summed E-state index contributed by atoms with van der Waals surface area (Å²) in [6.07, 6.45) is 5.43. The minimum Gasteiger partial charge on any atom is -0.331 e. The summed E-state index contributed by atoms with van der Waals surface area (Å²) in [6.45, 7) is 0. The van der Waals surface area contributed by atoms with Crippen LogP contribution in [0.15, 0.2) is 35.9 Å². The summed E-state index contributed by atoms with van der Waals surface area (Å²) >= 11 is 0. The summed E-state index contributed by atoms with van der Waals surface area (Å²) in [7, 11) is 2.01. The first-order valence-electron chi connectivity index (χ1n) is 6.38. The minimum atomic E-state index is 0.285. The highest BCUT2D eigenvalue weighted by Crippen LogP contribution is 2.20. The normalized spacial score (nSPS) is 16.1. The molecule has 3 nitrogen and oxygen atoms in total. The molecule has 1 aromatic heterocycles. The van der Waals surface area contributed by atoms with Gasteiger partial charge in [0, 0.05) is 19.9 Å². The highest BCUT2D eigenvalue weighted by atomic mass is 16.1. The molecule has 0 atom stereocenters. The van der Waals surface area contributed by atoms with Crippen LogP contribution in [0.2, 0.25) is 0 Å². The number of fused-ring (bicyclic) bond motifs is 1. The molecular weight excluding hydrogens is 224 g/mol. The Hall–Kier alpha value is -1.90. The number of carbonyl (C=O) groups is 1. The Morgan fingerprint density at radius 3 is 2.94 bits per heavy atom. The molecule has 0 aliphatic heterocycles. The summed E-state index contributed by atoms with van der Waals surface area (Å²) in [4.78, 5) is 16.4. The fourth-order valence-corrected chi connectivity index (χ4v) is 2.51. The molecule has 0 fully saturated rings. The van der Waals surface area contributed by atoms with Crippen LogP contribution < -0.4 is 0 Å². The average molecular weight is 240 g/mol. The van der Waals surface area contributed by atoms with Gasteiger partial charge >= 0.3 is 0 Å². The first-order chi connectivity index (χ1) is 8.75. The number of imidazole rings is 1. The van der Waals surface area contributed by atoms with E-state index in [4.69, 9.17) is 0 Å². The van der Waals surface area contributed by atoms with E-state index in [1.165, 1.54) is 0 Å². The molecule has 3 rings (SSSR count). The third-order valence-corrected chi connectivity index (χ3v) is 3.59. The van der Waals surface area contributed by atoms with Crippen molar-refractivity contribution >= 4 is 16.8 Å². The van der Waals surface area contributed by atoms with E-state index in [9.17, 15) is 4.79 Å². The van der Waals surface area contributed by atoms with Gasteiger partial charge < -0.3 is 4.57 Å². The smallest absolute Gasteiger partial charge is 0.159 e. The topological polar surface area (TPSA) is 34.9 Å². The average Bonchev–Trinajstić information content (AvgIpc) is 2.70. The van der Waals surface area contributed by atoms with Gasteiger partial charge in [0.15, 0.2) is 5.78 Å². The molecule has 92 valence electrons. The van der Waals surface area contributed by atoms with E-state index in [0.29, 0.717) is 12.8 Å². The van der Waals surface area contributed by atoms with E-state index in [-0.39, 0.29) is 5.78 Å². The molecule has 0 unspecified atom stereocenters. The third kappa shape index (κ3) is 1.86. The predicted molar refractivity (Wildman–Crippen MR) is 71.4 cm³/mol. The molecule has 1 aliphatic carbocycles. The van der Waals surface area contributed by atoms with Crippen molar-refractivity contribution in [2.24, 2.45) is 7.05 Å². The molecule has 0 amide bonds. The maximum absolute atomic E-state index is 11.8. The van der Waals surface area contributed by atoms with E-state index in [1.54, 1.807) is 0 Å². The van der Waals surface area contributed by atoms with Gasteiger partial charge in [0.1, 0.15) is 5.82 Å². The second kappa shape index (κ2) is 4.41. The van der Waals surface area contributed by atoms with E-state index in [1.807, 2.05) is 25.2 Å². The molecule has 18 heavy (non-hydrogen) atoms. The van der Waals surface area contributed by atoms with Gasteiger partial charge in [-0.25, -0.2) is 4.98 Å². The Morgan fingerprint density at radius 2 is 2.17 bits per heavy atom. The summed E-state index contributed by atoms with van der Waals surface area (Å²) < 4.78 is 2.08. The lowest BCUT2D eigenvalue weighted by Gasteiger charge is -2.11. The molecule has 2 aromatic rings.